The van der Waals surface area contributed by atoms with Crippen LogP contribution in [0.25, 0.3) is 0 Å². The number of hydrogen-bond acceptors (Lipinski definition) is 3. The fraction of sp³-hybridized carbons (Fsp3) is 0.278. The highest BCUT2D eigenvalue weighted by atomic mass is 35.5. The van der Waals surface area contributed by atoms with E-state index in [9.17, 15) is 0 Å². The van der Waals surface area contributed by atoms with Crippen LogP contribution < -0.4 is 20.1 Å². The lowest BCUT2D eigenvalue weighted by atomic mass is 10.1. The Morgan fingerprint density at radius 3 is 2.50 bits per heavy atom. The van der Waals surface area contributed by atoms with E-state index in [0.717, 1.165) is 29.2 Å². The van der Waals surface area contributed by atoms with Crippen LogP contribution in [0.1, 0.15) is 5.56 Å². The van der Waals surface area contributed by atoms with Crippen LogP contribution in [0.5, 0.6) is 11.5 Å². The third-order valence-corrected chi connectivity index (χ3v) is 3.88. The summed E-state index contributed by atoms with van der Waals surface area (Å²) >= 11 is 6.17. The van der Waals surface area contributed by atoms with E-state index in [1.165, 1.54) is 0 Å². The molecule has 0 fully saturated rings. The van der Waals surface area contributed by atoms with Gasteiger partial charge in [0.1, 0.15) is 0 Å². The average Bonchev–Trinajstić information content (AvgIpc) is 2.62. The highest BCUT2D eigenvalue weighted by Crippen LogP contribution is 2.29. The van der Waals surface area contributed by atoms with E-state index in [4.69, 9.17) is 21.1 Å². The molecule has 0 saturated heterocycles. The van der Waals surface area contributed by atoms with Crippen LogP contribution in [0.4, 0.5) is 5.69 Å². The van der Waals surface area contributed by atoms with Gasteiger partial charge < -0.3 is 20.1 Å². The first kappa shape index (κ1) is 17.9. The van der Waals surface area contributed by atoms with Gasteiger partial charge in [0, 0.05) is 30.4 Å². The summed E-state index contributed by atoms with van der Waals surface area (Å²) in [5, 5.41) is 7.27. The van der Waals surface area contributed by atoms with E-state index in [-0.39, 0.29) is 0 Å². The van der Waals surface area contributed by atoms with Gasteiger partial charge >= 0.3 is 0 Å². The quantitative estimate of drug-likeness (QED) is 0.619. The highest BCUT2D eigenvalue weighted by Gasteiger charge is 2.06. The van der Waals surface area contributed by atoms with E-state index in [2.05, 4.69) is 15.6 Å². The first-order valence-corrected chi connectivity index (χ1v) is 7.99. The van der Waals surface area contributed by atoms with Crippen molar-refractivity contribution in [2.24, 2.45) is 4.99 Å². The zero-order valence-corrected chi connectivity index (χ0v) is 14.9. The molecule has 2 aromatic carbocycles. The summed E-state index contributed by atoms with van der Waals surface area (Å²) in [4.78, 5) is 4.22. The second-order valence-electron chi connectivity index (χ2n) is 5.04. The molecule has 0 amide bonds. The maximum absolute atomic E-state index is 6.17. The van der Waals surface area contributed by atoms with Gasteiger partial charge in [-0.2, -0.15) is 0 Å². The molecular weight excluding hydrogens is 326 g/mol. The molecule has 128 valence electrons. The van der Waals surface area contributed by atoms with Crippen molar-refractivity contribution < 1.29 is 9.47 Å². The van der Waals surface area contributed by atoms with E-state index >= 15 is 0 Å². The summed E-state index contributed by atoms with van der Waals surface area (Å²) in [6.45, 7) is 0.719. The predicted molar refractivity (Wildman–Crippen MR) is 99.7 cm³/mol. The minimum Gasteiger partial charge on any atom is -0.493 e. The van der Waals surface area contributed by atoms with Gasteiger partial charge in [-0.15, -0.1) is 0 Å². The van der Waals surface area contributed by atoms with Gasteiger partial charge in [-0.25, -0.2) is 0 Å². The Morgan fingerprint density at radius 1 is 1.08 bits per heavy atom. The zero-order chi connectivity index (χ0) is 17.4. The van der Waals surface area contributed by atoms with Crippen LogP contribution in [0.3, 0.4) is 0 Å². The molecule has 0 saturated carbocycles. The Bertz CT molecular complexity index is 704. The lowest BCUT2D eigenvalue weighted by Crippen LogP contribution is -2.32. The number of rotatable bonds is 6. The molecule has 0 spiro atoms. The van der Waals surface area contributed by atoms with Crippen LogP contribution >= 0.6 is 11.6 Å². The largest absolute Gasteiger partial charge is 0.493 e. The van der Waals surface area contributed by atoms with Gasteiger partial charge in [-0.3, -0.25) is 4.99 Å². The summed E-state index contributed by atoms with van der Waals surface area (Å²) in [5.41, 5.74) is 1.96. The van der Waals surface area contributed by atoms with Crippen molar-refractivity contribution in [3.8, 4) is 11.5 Å². The highest BCUT2D eigenvalue weighted by molar-refractivity contribution is 6.31. The Morgan fingerprint density at radius 2 is 1.83 bits per heavy atom. The van der Waals surface area contributed by atoms with Crippen molar-refractivity contribution in [3.63, 3.8) is 0 Å². The van der Waals surface area contributed by atoms with E-state index in [1.54, 1.807) is 21.3 Å². The van der Waals surface area contributed by atoms with Gasteiger partial charge in [-0.1, -0.05) is 29.8 Å². The molecule has 24 heavy (non-hydrogen) atoms. The molecule has 0 aromatic heterocycles. The first-order valence-electron chi connectivity index (χ1n) is 7.61. The van der Waals surface area contributed by atoms with Gasteiger partial charge in [0.15, 0.2) is 17.5 Å². The molecule has 2 N–H and O–H groups in total. The second-order valence-corrected chi connectivity index (χ2v) is 5.44. The molecule has 5 nitrogen and oxygen atoms in total. The van der Waals surface area contributed by atoms with Crippen molar-refractivity contribution in [2.45, 2.75) is 6.42 Å². The van der Waals surface area contributed by atoms with E-state index in [0.29, 0.717) is 17.5 Å². The molecule has 0 aliphatic heterocycles. The lowest BCUT2D eigenvalue weighted by molar-refractivity contribution is 0.355. The Hall–Kier alpha value is -2.40. The number of benzene rings is 2. The Kier molecular flexibility index (Phi) is 6.75. The molecule has 0 unspecified atom stereocenters. The SMILES string of the molecule is CN=C(NCCc1ccccc1Cl)Nc1ccc(OC)c(OC)c1. The Balaban J connectivity index is 1.94. The van der Waals surface area contributed by atoms with Crippen molar-refractivity contribution in [2.75, 3.05) is 33.1 Å². The summed E-state index contributed by atoms with van der Waals surface area (Å²) in [6.07, 6.45) is 0.812. The standard InChI is InChI=1S/C18H22ClN3O2/c1-20-18(21-11-10-13-6-4-5-7-15(13)19)22-14-8-9-16(23-2)17(12-14)24-3/h4-9,12H,10-11H2,1-3H3,(H2,20,21,22). The van der Waals surface area contributed by atoms with Crippen LogP contribution in [0.2, 0.25) is 5.02 Å². The monoisotopic (exact) mass is 347 g/mol. The molecule has 0 heterocycles. The number of nitrogens with zero attached hydrogens (tertiary/aromatic N) is 1. The van der Waals surface area contributed by atoms with Crippen LogP contribution in [-0.2, 0) is 6.42 Å². The summed E-state index contributed by atoms with van der Waals surface area (Å²) < 4.78 is 10.5. The minimum absolute atomic E-state index is 0.661. The number of guanidine groups is 1. The third-order valence-electron chi connectivity index (χ3n) is 3.51. The smallest absolute Gasteiger partial charge is 0.195 e. The molecule has 0 atom stereocenters. The van der Waals surface area contributed by atoms with Gasteiger partial charge in [0.2, 0.25) is 0 Å². The second kappa shape index (κ2) is 9.03. The zero-order valence-electron chi connectivity index (χ0n) is 14.1. The number of nitrogens with one attached hydrogen (secondary N) is 2. The van der Waals surface area contributed by atoms with Crippen molar-refractivity contribution in [3.05, 3.63) is 53.1 Å². The normalized spacial score (nSPS) is 11.1. The van der Waals surface area contributed by atoms with E-state index < -0.39 is 0 Å². The molecule has 0 bridgehead atoms. The number of ether oxygens (including phenoxy) is 2. The number of methoxy groups -OCH3 is 2. The molecule has 0 aliphatic carbocycles. The fourth-order valence-corrected chi connectivity index (χ4v) is 2.48. The van der Waals surface area contributed by atoms with Crippen LogP contribution in [0, 0.1) is 0 Å². The van der Waals surface area contributed by atoms with Gasteiger partial charge in [0.25, 0.3) is 0 Å². The number of aliphatic imine (C=N–C) groups is 1. The predicted octanol–water partition coefficient (Wildman–Crippen LogP) is 3.59. The van der Waals surface area contributed by atoms with Gasteiger partial charge in [0.05, 0.1) is 14.2 Å². The van der Waals surface area contributed by atoms with E-state index in [1.807, 2.05) is 42.5 Å². The van der Waals surface area contributed by atoms with Crippen LogP contribution in [0.15, 0.2) is 47.5 Å². The van der Waals surface area contributed by atoms with Crippen molar-refractivity contribution in [1.29, 1.82) is 0 Å². The maximum Gasteiger partial charge on any atom is 0.195 e. The summed E-state index contributed by atoms with van der Waals surface area (Å²) in [5.74, 6) is 2.02. The molecule has 0 aliphatic rings. The van der Waals surface area contributed by atoms with Crippen molar-refractivity contribution >= 4 is 23.2 Å². The third kappa shape index (κ3) is 4.80. The van der Waals surface area contributed by atoms with Crippen molar-refractivity contribution in [1.82, 2.24) is 5.32 Å². The fourth-order valence-electron chi connectivity index (χ4n) is 2.25. The minimum atomic E-state index is 0.661. The molecule has 6 heteroatoms. The molecule has 0 radical (unpaired) electrons. The topological polar surface area (TPSA) is 54.9 Å². The Labute approximate surface area is 147 Å². The van der Waals surface area contributed by atoms with Crippen LogP contribution in [-0.4, -0.2) is 33.8 Å². The maximum atomic E-state index is 6.17. The first-order chi connectivity index (χ1) is 11.7. The number of hydrogen-bond donors (Lipinski definition) is 2. The number of anilines is 1. The number of halogens is 1. The lowest BCUT2D eigenvalue weighted by Gasteiger charge is -2.14. The summed E-state index contributed by atoms with van der Waals surface area (Å²) in [6, 6.07) is 13.4. The molecule has 2 rings (SSSR count). The molecule has 2 aromatic rings. The average molecular weight is 348 g/mol. The van der Waals surface area contributed by atoms with Gasteiger partial charge in [-0.05, 0) is 30.2 Å². The summed E-state index contributed by atoms with van der Waals surface area (Å²) in [7, 11) is 4.95. The molecular formula is C18H22ClN3O2.